The molecule has 0 unspecified atom stereocenters. The van der Waals surface area contributed by atoms with Gasteiger partial charge in [-0.25, -0.2) is 0 Å². The van der Waals surface area contributed by atoms with E-state index in [1.165, 1.54) is 11.1 Å². The van der Waals surface area contributed by atoms with Crippen LogP contribution in [0.2, 0.25) is 0 Å². The fourth-order valence-electron chi connectivity index (χ4n) is 0.909. The summed E-state index contributed by atoms with van der Waals surface area (Å²) < 4.78 is 0. The average molecular weight is 148 g/mol. The van der Waals surface area contributed by atoms with Crippen LogP contribution in [-0.2, 0) is 0 Å². The van der Waals surface area contributed by atoms with Crippen LogP contribution in [0.25, 0.3) is 5.57 Å². The summed E-state index contributed by atoms with van der Waals surface area (Å²) in [6, 6.07) is 3.95. The number of aromatic nitrogens is 1. The lowest BCUT2D eigenvalue weighted by atomic mass is 10.1. The molecule has 0 bridgehead atoms. The lowest BCUT2D eigenvalue weighted by molar-refractivity contribution is 1.25. The molecule has 0 aliphatic carbocycles. The fourth-order valence-corrected chi connectivity index (χ4v) is 0.909. The molecule has 58 valence electrons. The van der Waals surface area contributed by atoms with Crippen molar-refractivity contribution in [3.63, 3.8) is 0 Å². The summed E-state index contributed by atoms with van der Waals surface area (Å²) in [7, 11) is 0. The summed E-state index contributed by atoms with van der Waals surface area (Å²) in [6.45, 7) is 2.64. The maximum atomic E-state index is 5.37. The lowest BCUT2D eigenvalue weighted by Crippen LogP contribution is -1.94. The summed E-state index contributed by atoms with van der Waals surface area (Å²) in [5.74, 6) is 0. The van der Waals surface area contributed by atoms with Crippen LogP contribution >= 0.6 is 0 Å². The van der Waals surface area contributed by atoms with Crippen molar-refractivity contribution in [1.82, 2.24) is 4.98 Å². The number of nitrogens with two attached hydrogens (primary N) is 1. The van der Waals surface area contributed by atoms with Gasteiger partial charge in [-0.3, -0.25) is 4.98 Å². The second-order valence-electron chi connectivity index (χ2n) is 2.36. The van der Waals surface area contributed by atoms with Crippen LogP contribution in [0.4, 0.5) is 0 Å². The normalized spacial score (nSPS) is 11.6. The van der Waals surface area contributed by atoms with Gasteiger partial charge < -0.3 is 5.73 Å². The van der Waals surface area contributed by atoms with Crippen LogP contribution in [-0.4, -0.2) is 11.5 Å². The SMILES string of the molecule is CC(=CCN)c1ccncc1. The van der Waals surface area contributed by atoms with E-state index in [0.29, 0.717) is 6.54 Å². The van der Waals surface area contributed by atoms with Crippen molar-refractivity contribution in [2.45, 2.75) is 6.92 Å². The fraction of sp³-hybridized carbons (Fsp3) is 0.222. The molecule has 1 heterocycles. The molecule has 0 saturated heterocycles. The Labute approximate surface area is 66.8 Å². The molecule has 0 fully saturated rings. The van der Waals surface area contributed by atoms with Crippen molar-refractivity contribution >= 4 is 5.57 Å². The smallest absolute Gasteiger partial charge is 0.0273 e. The number of rotatable bonds is 2. The largest absolute Gasteiger partial charge is 0.327 e. The van der Waals surface area contributed by atoms with Crippen LogP contribution in [0.3, 0.4) is 0 Å². The third kappa shape index (κ3) is 2.16. The zero-order valence-electron chi connectivity index (χ0n) is 6.62. The highest BCUT2D eigenvalue weighted by atomic mass is 14.6. The molecule has 11 heavy (non-hydrogen) atoms. The lowest BCUT2D eigenvalue weighted by Gasteiger charge is -1.98. The van der Waals surface area contributed by atoms with Crippen molar-refractivity contribution in [2.75, 3.05) is 6.54 Å². The zero-order chi connectivity index (χ0) is 8.10. The highest BCUT2D eigenvalue weighted by molar-refractivity contribution is 5.63. The highest BCUT2D eigenvalue weighted by Crippen LogP contribution is 2.10. The molecular weight excluding hydrogens is 136 g/mol. The van der Waals surface area contributed by atoms with Gasteiger partial charge in [-0.2, -0.15) is 0 Å². The maximum absolute atomic E-state index is 5.37. The number of hydrogen-bond acceptors (Lipinski definition) is 2. The molecular formula is C9H12N2. The monoisotopic (exact) mass is 148 g/mol. The van der Waals surface area contributed by atoms with Crippen LogP contribution in [0.5, 0.6) is 0 Å². The first-order chi connectivity index (χ1) is 5.34. The van der Waals surface area contributed by atoms with Gasteiger partial charge in [0.2, 0.25) is 0 Å². The van der Waals surface area contributed by atoms with Gasteiger partial charge in [0.25, 0.3) is 0 Å². The topological polar surface area (TPSA) is 38.9 Å². The Hall–Kier alpha value is -1.15. The van der Waals surface area contributed by atoms with Crippen LogP contribution in [0.15, 0.2) is 30.6 Å². The van der Waals surface area contributed by atoms with E-state index in [4.69, 9.17) is 5.73 Å². The van der Waals surface area contributed by atoms with Crippen LogP contribution in [0.1, 0.15) is 12.5 Å². The number of pyridine rings is 1. The Balaban J connectivity index is 2.85. The average Bonchev–Trinajstić information content (AvgIpc) is 2.07. The van der Waals surface area contributed by atoms with Gasteiger partial charge in [-0.15, -0.1) is 0 Å². The number of nitrogens with zero attached hydrogens (tertiary/aromatic N) is 1. The van der Waals surface area contributed by atoms with E-state index in [9.17, 15) is 0 Å². The minimum atomic E-state index is 0.591. The Morgan fingerprint density at radius 3 is 2.73 bits per heavy atom. The Morgan fingerprint density at radius 1 is 1.55 bits per heavy atom. The second kappa shape index (κ2) is 3.88. The van der Waals surface area contributed by atoms with Crippen molar-refractivity contribution in [3.05, 3.63) is 36.2 Å². The van der Waals surface area contributed by atoms with Gasteiger partial charge in [-0.1, -0.05) is 6.08 Å². The van der Waals surface area contributed by atoms with Gasteiger partial charge in [0.05, 0.1) is 0 Å². The molecule has 0 radical (unpaired) electrons. The zero-order valence-corrected chi connectivity index (χ0v) is 6.62. The molecule has 1 rings (SSSR count). The number of allylic oxidation sites excluding steroid dienone is 1. The van der Waals surface area contributed by atoms with E-state index in [1.807, 2.05) is 25.1 Å². The molecule has 0 aliphatic rings. The molecule has 0 spiro atoms. The third-order valence-electron chi connectivity index (χ3n) is 1.56. The summed E-state index contributed by atoms with van der Waals surface area (Å²) in [4.78, 5) is 3.93. The molecule has 0 atom stereocenters. The predicted molar refractivity (Wildman–Crippen MR) is 46.9 cm³/mol. The van der Waals surface area contributed by atoms with Gasteiger partial charge in [0, 0.05) is 18.9 Å². The maximum Gasteiger partial charge on any atom is 0.0273 e. The molecule has 0 saturated carbocycles. The molecule has 1 aromatic heterocycles. The molecule has 2 heteroatoms. The molecule has 2 N–H and O–H groups in total. The molecule has 2 nitrogen and oxygen atoms in total. The van der Waals surface area contributed by atoms with Crippen molar-refractivity contribution in [3.8, 4) is 0 Å². The third-order valence-corrected chi connectivity index (χ3v) is 1.56. The van der Waals surface area contributed by atoms with E-state index >= 15 is 0 Å². The van der Waals surface area contributed by atoms with Crippen molar-refractivity contribution in [2.24, 2.45) is 5.73 Å². The molecule has 0 aromatic carbocycles. The van der Waals surface area contributed by atoms with E-state index in [2.05, 4.69) is 4.98 Å². The van der Waals surface area contributed by atoms with Crippen molar-refractivity contribution in [1.29, 1.82) is 0 Å². The summed E-state index contributed by atoms with van der Waals surface area (Å²) in [5.41, 5.74) is 7.76. The van der Waals surface area contributed by atoms with E-state index < -0.39 is 0 Å². The van der Waals surface area contributed by atoms with Crippen molar-refractivity contribution < 1.29 is 0 Å². The Kier molecular flexibility index (Phi) is 2.81. The minimum Gasteiger partial charge on any atom is -0.327 e. The molecule has 0 amide bonds. The Morgan fingerprint density at radius 2 is 2.18 bits per heavy atom. The molecule has 1 aromatic rings. The van der Waals surface area contributed by atoms with Crippen LogP contribution < -0.4 is 5.73 Å². The summed E-state index contributed by atoms with van der Waals surface area (Å²) in [5, 5.41) is 0. The Bertz CT molecular complexity index is 239. The van der Waals surface area contributed by atoms with Gasteiger partial charge >= 0.3 is 0 Å². The first-order valence-corrected chi connectivity index (χ1v) is 3.62. The van der Waals surface area contributed by atoms with E-state index in [0.717, 1.165) is 0 Å². The van der Waals surface area contributed by atoms with Crippen LogP contribution in [0, 0.1) is 0 Å². The van der Waals surface area contributed by atoms with E-state index in [1.54, 1.807) is 12.4 Å². The standard InChI is InChI=1S/C9H12N2/c1-8(2-5-10)9-3-6-11-7-4-9/h2-4,6-7H,5,10H2,1H3. The first-order valence-electron chi connectivity index (χ1n) is 3.62. The summed E-state index contributed by atoms with van der Waals surface area (Å²) in [6.07, 6.45) is 5.56. The van der Waals surface area contributed by atoms with Gasteiger partial charge in [0.15, 0.2) is 0 Å². The van der Waals surface area contributed by atoms with Gasteiger partial charge in [-0.05, 0) is 30.2 Å². The van der Waals surface area contributed by atoms with Gasteiger partial charge in [0.1, 0.15) is 0 Å². The second-order valence-corrected chi connectivity index (χ2v) is 2.36. The predicted octanol–water partition coefficient (Wildman–Crippen LogP) is 1.44. The highest BCUT2D eigenvalue weighted by Gasteiger charge is 1.90. The summed E-state index contributed by atoms with van der Waals surface area (Å²) >= 11 is 0. The minimum absolute atomic E-state index is 0.591. The van der Waals surface area contributed by atoms with E-state index in [-0.39, 0.29) is 0 Å². The first kappa shape index (κ1) is 7.95. The number of hydrogen-bond donors (Lipinski definition) is 1. The quantitative estimate of drug-likeness (QED) is 0.689. The molecule has 0 aliphatic heterocycles.